The van der Waals surface area contributed by atoms with Gasteiger partial charge in [-0.3, -0.25) is 10.1 Å². The summed E-state index contributed by atoms with van der Waals surface area (Å²) in [4.78, 5) is 12.6. The number of nitrogens with zero attached hydrogens (tertiary/aromatic N) is 2. The summed E-state index contributed by atoms with van der Waals surface area (Å²) in [5.74, 6) is -0.454. The zero-order valence-electron chi connectivity index (χ0n) is 12.0. The third-order valence-corrected chi connectivity index (χ3v) is 5.23. The molecule has 1 heterocycles. The van der Waals surface area contributed by atoms with E-state index < -0.39 is 22.3 Å². The first kappa shape index (κ1) is 14.4. The third-order valence-electron chi connectivity index (χ3n) is 5.23. The lowest BCUT2D eigenvalue weighted by Gasteiger charge is -2.53. The van der Waals surface area contributed by atoms with Crippen LogP contribution in [0.4, 0.5) is 10.1 Å². The zero-order valence-corrected chi connectivity index (χ0v) is 12.0. The molecule has 1 N–H and O–H groups in total. The molecule has 0 radical (unpaired) electrons. The van der Waals surface area contributed by atoms with Crippen molar-refractivity contribution < 1.29 is 14.4 Å². The van der Waals surface area contributed by atoms with Gasteiger partial charge in [-0.15, -0.1) is 0 Å². The number of non-ortho nitro benzene ring substituents is 1. The van der Waals surface area contributed by atoms with Gasteiger partial charge in [-0.25, -0.2) is 4.39 Å². The van der Waals surface area contributed by atoms with Crippen LogP contribution in [0, 0.1) is 15.9 Å². The number of aliphatic hydroxyl groups is 1. The summed E-state index contributed by atoms with van der Waals surface area (Å²) >= 11 is 0. The van der Waals surface area contributed by atoms with Crippen LogP contribution in [0.15, 0.2) is 18.2 Å². The van der Waals surface area contributed by atoms with Crippen LogP contribution < -0.4 is 0 Å². The van der Waals surface area contributed by atoms with Crippen LogP contribution in [0.1, 0.15) is 31.2 Å². The summed E-state index contributed by atoms with van der Waals surface area (Å²) in [5.41, 5.74) is -0.498. The van der Waals surface area contributed by atoms with Crippen molar-refractivity contribution in [2.24, 2.45) is 0 Å². The predicted molar refractivity (Wildman–Crippen MR) is 75.6 cm³/mol. The summed E-state index contributed by atoms with van der Waals surface area (Å²) in [5, 5.41) is 21.7. The molecule has 1 aromatic carbocycles. The van der Waals surface area contributed by atoms with Crippen molar-refractivity contribution in [3.63, 3.8) is 0 Å². The number of piperidine rings is 1. The molecule has 1 aromatic rings. The average Bonchev–Trinajstić information content (AvgIpc) is 2.44. The van der Waals surface area contributed by atoms with E-state index in [0.29, 0.717) is 18.4 Å². The molecule has 0 amide bonds. The molecule has 2 fully saturated rings. The molecule has 0 unspecified atom stereocenters. The topological polar surface area (TPSA) is 66.6 Å². The van der Waals surface area contributed by atoms with E-state index in [0.717, 1.165) is 25.5 Å². The van der Waals surface area contributed by atoms with Gasteiger partial charge in [-0.05, 0) is 38.9 Å². The van der Waals surface area contributed by atoms with Crippen LogP contribution in [0.2, 0.25) is 0 Å². The summed E-state index contributed by atoms with van der Waals surface area (Å²) in [6, 6.07) is 3.64. The largest absolute Gasteiger partial charge is 0.391 e. The Balaban J connectivity index is 2.09. The Labute approximate surface area is 122 Å². The maximum absolute atomic E-state index is 14.3. The lowest BCUT2D eigenvalue weighted by atomic mass is 9.61. The Morgan fingerprint density at radius 3 is 2.95 bits per heavy atom. The number of likely N-dealkylation sites (tertiary alicyclic amines) is 1. The first-order valence-electron chi connectivity index (χ1n) is 7.28. The molecule has 1 aliphatic heterocycles. The SMILES string of the molecule is CN1CC[C@@]2(c3cc([N+](=O)[O-])ccc3F)CCC[C@@H]1[C@@H]2O. The van der Waals surface area contributed by atoms with E-state index in [-0.39, 0.29) is 11.7 Å². The molecule has 1 saturated heterocycles. The van der Waals surface area contributed by atoms with Gasteiger partial charge in [0.25, 0.3) is 5.69 Å². The van der Waals surface area contributed by atoms with Crippen LogP contribution in [-0.4, -0.2) is 40.7 Å². The predicted octanol–water partition coefficient (Wildman–Crippen LogP) is 2.22. The molecule has 6 heteroatoms. The maximum Gasteiger partial charge on any atom is 0.269 e. The highest BCUT2D eigenvalue weighted by molar-refractivity contribution is 5.41. The van der Waals surface area contributed by atoms with Gasteiger partial charge in [0.05, 0.1) is 11.0 Å². The number of nitro benzene ring substituents is 1. The quantitative estimate of drug-likeness (QED) is 0.671. The van der Waals surface area contributed by atoms with Gasteiger partial charge < -0.3 is 10.0 Å². The monoisotopic (exact) mass is 294 g/mol. The van der Waals surface area contributed by atoms with E-state index in [2.05, 4.69) is 4.90 Å². The van der Waals surface area contributed by atoms with Crippen LogP contribution in [0.3, 0.4) is 0 Å². The summed E-state index contributed by atoms with van der Waals surface area (Å²) in [6.45, 7) is 0.768. The minimum Gasteiger partial charge on any atom is -0.391 e. The van der Waals surface area contributed by atoms with E-state index in [1.165, 1.54) is 12.1 Å². The standard InChI is InChI=1S/C15H19FN2O3/c1-17-8-7-15(6-2-3-13(17)14(15)19)11-9-10(18(20)21)4-5-12(11)16/h4-5,9,13-14,19H,2-3,6-8H2,1H3/t13-,14+,15-/m1/s1. The van der Waals surface area contributed by atoms with Crippen molar-refractivity contribution in [1.82, 2.24) is 4.90 Å². The summed E-state index contributed by atoms with van der Waals surface area (Å²) in [7, 11) is 1.97. The van der Waals surface area contributed by atoms with Crippen molar-refractivity contribution in [3.8, 4) is 0 Å². The van der Waals surface area contributed by atoms with Gasteiger partial charge in [-0.2, -0.15) is 0 Å². The van der Waals surface area contributed by atoms with Crippen LogP contribution >= 0.6 is 0 Å². The Kier molecular flexibility index (Phi) is 3.45. The second kappa shape index (κ2) is 5.03. The highest BCUT2D eigenvalue weighted by Gasteiger charge is 2.51. The van der Waals surface area contributed by atoms with E-state index in [9.17, 15) is 19.6 Å². The minimum atomic E-state index is -0.689. The molecule has 1 saturated carbocycles. The van der Waals surface area contributed by atoms with E-state index in [4.69, 9.17) is 0 Å². The molecule has 2 aliphatic rings. The molecule has 0 aromatic heterocycles. The zero-order chi connectivity index (χ0) is 15.2. The average molecular weight is 294 g/mol. The molecule has 1 aliphatic carbocycles. The third kappa shape index (κ3) is 2.13. The minimum absolute atomic E-state index is 0.00571. The molecule has 5 nitrogen and oxygen atoms in total. The number of benzene rings is 1. The van der Waals surface area contributed by atoms with Crippen LogP contribution in [0.5, 0.6) is 0 Å². The van der Waals surface area contributed by atoms with Crippen LogP contribution in [0.25, 0.3) is 0 Å². The Hall–Kier alpha value is -1.53. The number of hydrogen-bond donors (Lipinski definition) is 1. The van der Waals surface area contributed by atoms with Crippen molar-refractivity contribution in [1.29, 1.82) is 0 Å². The molecule has 0 spiro atoms. The Morgan fingerprint density at radius 2 is 2.24 bits per heavy atom. The van der Waals surface area contributed by atoms with Gasteiger partial charge in [0.1, 0.15) is 5.82 Å². The number of fused-ring (bicyclic) bond motifs is 2. The number of likely N-dealkylation sites (N-methyl/N-ethyl adjacent to an activating group) is 1. The van der Waals surface area contributed by atoms with Crippen molar-refractivity contribution >= 4 is 5.69 Å². The molecule has 114 valence electrons. The highest BCUT2D eigenvalue weighted by atomic mass is 19.1. The fourth-order valence-corrected chi connectivity index (χ4v) is 4.01. The number of hydrogen-bond acceptors (Lipinski definition) is 4. The lowest BCUT2D eigenvalue weighted by Crippen LogP contribution is -2.61. The van der Waals surface area contributed by atoms with Gasteiger partial charge in [0.2, 0.25) is 0 Å². The first-order chi connectivity index (χ1) is 9.95. The second-order valence-electron chi connectivity index (χ2n) is 6.21. The number of nitro groups is 1. The summed E-state index contributed by atoms with van der Waals surface area (Å²) < 4.78 is 14.3. The normalized spacial score (nSPS) is 32.9. The first-order valence-corrected chi connectivity index (χ1v) is 7.28. The van der Waals surface area contributed by atoms with Crippen LogP contribution in [-0.2, 0) is 5.41 Å². The molecular formula is C15H19FN2O3. The number of aliphatic hydroxyl groups excluding tert-OH is 1. The molecule has 2 bridgehead atoms. The molecule has 21 heavy (non-hydrogen) atoms. The Morgan fingerprint density at radius 1 is 1.48 bits per heavy atom. The van der Waals surface area contributed by atoms with Crippen molar-refractivity contribution in [2.75, 3.05) is 13.6 Å². The summed E-state index contributed by atoms with van der Waals surface area (Å²) in [6.07, 6.45) is 2.40. The van der Waals surface area contributed by atoms with Gasteiger partial charge >= 0.3 is 0 Å². The number of rotatable bonds is 2. The fraction of sp³-hybridized carbons (Fsp3) is 0.600. The second-order valence-corrected chi connectivity index (χ2v) is 6.21. The van der Waals surface area contributed by atoms with Gasteiger partial charge in [0, 0.05) is 29.2 Å². The molecular weight excluding hydrogens is 275 g/mol. The van der Waals surface area contributed by atoms with E-state index >= 15 is 0 Å². The lowest BCUT2D eigenvalue weighted by molar-refractivity contribution is -0.385. The number of halogens is 1. The molecule has 3 atom stereocenters. The highest BCUT2D eigenvalue weighted by Crippen LogP contribution is 2.48. The smallest absolute Gasteiger partial charge is 0.269 e. The molecule has 3 rings (SSSR count). The maximum atomic E-state index is 14.3. The van der Waals surface area contributed by atoms with E-state index in [1.807, 2.05) is 7.05 Å². The van der Waals surface area contributed by atoms with Crippen molar-refractivity contribution in [2.45, 2.75) is 43.2 Å². The fourth-order valence-electron chi connectivity index (χ4n) is 4.01. The Bertz CT molecular complexity index is 580. The van der Waals surface area contributed by atoms with Gasteiger partial charge in [0.15, 0.2) is 0 Å². The van der Waals surface area contributed by atoms with Gasteiger partial charge in [-0.1, -0.05) is 6.42 Å². The van der Waals surface area contributed by atoms with E-state index in [1.54, 1.807) is 0 Å². The van der Waals surface area contributed by atoms with Crippen molar-refractivity contribution in [3.05, 3.63) is 39.7 Å².